The highest BCUT2D eigenvalue weighted by Crippen LogP contribution is 2.13. The average molecular weight is 175 g/mol. The first-order valence-electron chi connectivity index (χ1n) is 4.52. The molecule has 0 fully saturated rings. The topological polar surface area (TPSA) is 55.5 Å². The Morgan fingerprint density at radius 2 is 2.08 bits per heavy atom. The average Bonchev–Trinajstić information content (AvgIpc) is 2.02. The molecule has 3 heteroatoms. The van der Waals surface area contributed by atoms with Gasteiger partial charge in [-0.05, 0) is 26.7 Å². The molecule has 0 aromatic heterocycles. The Morgan fingerprint density at radius 1 is 1.50 bits per heavy atom. The second-order valence-corrected chi connectivity index (χ2v) is 3.70. The molecule has 1 unspecified atom stereocenters. The van der Waals surface area contributed by atoms with Gasteiger partial charge in [-0.15, -0.1) is 0 Å². The molecule has 0 aliphatic rings. The number of aliphatic hydroxyl groups is 1. The lowest BCUT2D eigenvalue weighted by atomic mass is 10.1. The SMILES string of the molecule is CCC(C)(C)OCC(N)CCO. The molecule has 0 amide bonds. The number of aliphatic hydroxyl groups excluding tert-OH is 1. The van der Waals surface area contributed by atoms with Gasteiger partial charge in [0.25, 0.3) is 0 Å². The lowest BCUT2D eigenvalue weighted by molar-refractivity contribution is -0.0283. The highest BCUT2D eigenvalue weighted by molar-refractivity contribution is 4.68. The van der Waals surface area contributed by atoms with Crippen molar-refractivity contribution in [2.45, 2.75) is 45.3 Å². The van der Waals surface area contributed by atoms with Gasteiger partial charge in [-0.2, -0.15) is 0 Å². The Hall–Kier alpha value is -0.120. The third-order valence-corrected chi connectivity index (χ3v) is 2.04. The maximum atomic E-state index is 8.59. The second kappa shape index (κ2) is 5.51. The van der Waals surface area contributed by atoms with E-state index in [0.717, 1.165) is 6.42 Å². The standard InChI is InChI=1S/C9H21NO2/c1-4-9(2,3)12-7-8(10)5-6-11/h8,11H,4-7,10H2,1-3H3. The first kappa shape index (κ1) is 11.9. The largest absolute Gasteiger partial charge is 0.396 e. The van der Waals surface area contributed by atoms with Crippen LogP contribution in [0.4, 0.5) is 0 Å². The van der Waals surface area contributed by atoms with E-state index in [9.17, 15) is 0 Å². The van der Waals surface area contributed by atoms with Crippen LogP contribution in [0.15, 0.2) is 0 Å². The van der Waals surface area contributed by atoms with Crippen LogP contribution < -0.4 is 5.73 Å². The van der Waals surface area contributed by atoms with Gasteiger partial charge in [0.15, 0.2) is 0 Å². The summed E-state index contributed by atoms with van der Waals surface area (Å²) in [5.41, 5.74) is 5.57. The summed E-state index contributed by atoms with van der Waals surface area (Å²) >= 11 is 0. The van der Waals surface area contributed by atoms with Gasteiger partial charge in [0, 0.05) is 12.6 Å². The highest BCUT2D eigenvalue weighted by Gasteiger charge is 2.16. The number of hydrogen-bond acceptors (Lipinski definition) is 3. The summed E-state index contributed by atoms with van der Waals surface area (Å²) in [6, 6.07) is -0.0409. The zero-order valence-corrected chi connectivity index (χ0v) is 8.34. The van der Waals surface area contributed by atoms with Crippen molar-refractivity contribution in [2.75, 3.05) is 13.2 Å². The molecular weight excluding hydrogens is 154 g/mol. The molecule has 3 N–H and O–H groups in total. The minimum absolute atomic E-state index is 0.0409. The van der Waals surface area contributed by atoms with E-state index in [2.05, 4.69) is 6.92 Å². The fraction of sp³-hybridized carbons (Fsp3) is 1.00. The maximum Gasteiger partial charge on any atom is 0.0625 e. The summed E-state index contributed by atoms with van der Waals surface area (Å²) < 4.78 is 5.56. The second-order valence-electron chi connectivity index (χ2n) is 3.70. The maximum absolute atomic E-state index is 8.59. The van der Waals surface area contributed by atoms with Crippen LogP contribution in [0.25, 0.3) is 0 Å². The zero-order valence-electron chi connectivity index (χ0n) is 8.34. The number of ether oxygens (including phenoxy) is 1. The molecule has 12 heavy (non-hydrogen) atoms. The summed E-state index contributed by atoms with van der Waals surface area (Å²) in [7, 11) is 0. The van der Waals surface area contributed by atoms with Gasteiger partial charge in [0.1, 0.15) is 0 Å². The molecule has 0 saturated carbocycles. The van der Waals surface area contributed by atoms with Gasteiger partial charge in [-0.25, -0.2) is 0 Å². The fourth-order valence-electron chi connectivity index (χ4n) is 0.684. The summed E-state index contributed by atoms with van der Waals surface area (Å²) in [4.78, 5) is 0. The Balaban J connectivity index is 3.52. The van der Waals surface area contributed by atoms with E-state index < -0.39 is 0 Å². The van der Waals surface area contributed by atoms with Crippen molar-refractivity contribution >= 4 is 0 Å². The Bertz CT molecular complexity index is 115. The smallest absolute Gasteiger partial charge is 0.0625 e. The molecule has 0 aromatic rings. The van der Waals surface area contributed by atoms with Crippen molar-refractivity contribution in [2.24, 2.45) is 5.73 Å². The van der Waals surface area contributed by atoms with E-state index in [1.165, 1.54) is 0 Å². The highest BCUT2D eigenvalue weighted by atomic mass is 16.5. The van der Waals surface area contributed by atoms with Gasteiger partial charge < -0.3 is 15.6 Å². The van der Waals surface area contributed by atoms with Crippen molar-refractivity contribution in [3.05, 3.63) is 0 Å². The van der Waals surface area contributed by atoms with Crippen LogP contribution in [-0.4, -0.2) is 30.0 Å². The van der Waals surface area contributed by atoms with Crippen molar-refractivity contribution in [3.8, 4) is 0 Å². The Labute approximate surface area is 74.9 Å². The molecule has 3 nitrogen and oxygen atoms in total. The third kappa shape index (κ3) is 5.52. The van der Waals surface area contributed by atoms with Crippen LogP contribution in [0, 0.1) is 0 Å². The minimum Gasteiger partial charge on any atom is -0.396 e. The summed E-state index contributed by atoms with van der Waals surface area (Å²) in [5, 5.41) is 8.59. The molecule has 0 saturated heterocycles. The lowest BCUT2D eigenvalue weighted by Gasteiger charge is -2.25. The monoisotopic (exact) mass is 175 g/mol. The Kier molecular flexibility index (Phi) is 5.46. The van der Waals surface area contributed by atoms with E-state index in [1.807, 2.05) is 13.8 Å². The van der Waals surface area contributed by atoms with Crippen LogP contribution in [0.2, 0.25) is 0 Å². The Morgan fingerprint density at radius 3 is 2.50 bits per heavy atom. The molecule has 0 bridgehead atoms. The van der Waals surface area contributed by atoms with Gasteiger partial charge in [-0.1, -0.05) is 6.92 Å². The predicted octanol–water partition coefficient (Wildman–Crippen LogP) is 0.901. The van der Waals surface area contributed by atoms with Crippen LogP contribution in [0.1, 0.15) is 33.6 Å². The molecule has 0 spiro atoms. The van der Waals surface area contributed by atoms with Crippen molar-refractivity contribution in [1.82, 2.24) is 0 Å². The van der Waals surface area contributed by atoms with Crippen LogP contribution in [-0.2, 0) is 4.74 Å². The molecule has 74 valence electrons. The molecule has 1 atom stereocenters. The minimum atomic E-state index is -0.0902. The first-order valence-corrected chi connectivity index (χ1v) is 4.52. The van der Waals surface area contributed by atoms with Gasteiger partial charge >= 0.3 is 0 Å². The molecule has 0 radical (unpaired) electrons. The first-order chi connectivity index (χ1) is 5.52. The quantitative estimate of drug-likeness (QED) is 0.630. The van der Waals surface area contributed by atoms with Gasteiger partial charge in [0.2, 0.25) is 0 Å². The molecule has 0 aliphatic carbocycles. The molecule has 0 heterocycles. The summed E-state index contributed by atoms with van der Waals surface area (Å²) in [6.45, 7) is 6.83. The van der Waals surface area contributed by atoms with E-state index in [4.69, 9.17) is 15.6 Å². The molecule has 0 aromatic carbocycles. The van der Waals surface area contributed by atoms with Crippen LogP contribution in [0.3, 0.4) is 0 Å². The van der Waals surface area contributed by atoms with Crippen LogP contribution >= 0.6 is 0 Å². The molecular formula is C9H21NO2. The fourth-order valence-corrected chi connectivity index (χ4v) is 0.684. The van der Waals surface area contributed by atoms with E-state index >= 15 is 0 Å². The number of hydrogen-bond donors (Lipinski definition) is 2. The van der Waals surface area contributed by atoms with E-state index in [-0.39, 0.29) is 18.2 Å². The summed E-state index contributed by atoms with van der Waals surface area (Å²) in [5.74, 6) is 0. The van der Waals surface area contributed by atoms with Crippen molar-refractivity contribution in [1.29, 1.82) is 0 Å². The van der Waals surface area contributed by atoms with Gasteiger partial charge in [0.05, 0.1) is 12.2 Å². The van der Waals surface area contributed by atoms with E-state index in [0.29, 0.717) is 13.0 Å². The summed E-state index contributed by atoms with van der Waals surface area (Å²) in [6.07, 6.45) is 1.58. The van der Waals surface area contributed by atoms with Gasteiger partial charge in [-0.3, -0.25) is 0 Å². The van der Waals surface area contributed by atoms with Crippen LogP contribution in [0.5, 0.6) is 0 Å². The van der Waals surface area contributed by atoms with Crippen molar-refractivity contribution < 1.29 is 9.84 Å². The zero-order chi connectivity index (χ0) is 9.61. The number of nitrogens with two attached hydrogens (primary N) is 1. The lowest BCUT2D eigenvalue weighted by Crippen LogP contribution is -2.33. The normalized spacial score (nSPS) is 14.8. The number of rotatable bonds is 6. The third-order valence-electron chi connectivity index (χ3n) is 2.04. The molecule has 0 aliphatic heterocycles. The van der Waals surface area contributed by atoms with Crippen molar-refractivity contribution in [3.63, 3.8) is 0 Å². The predicted molar refractivity (Wildman–Crippen MR) is 50.0 cm³/mol. The molecule has 0 rings (SSSR count). The van der Waals surface area contributed by atoms with E-state index in [1.54, 1.807) is 0 Å².